The topological polar surface area (TPSA) is 40.5 Å². The van der Waals surface area contributed by atoms with E-state index in [1.807, 2.05) is 18.2 Å². The normalized spacial score (nSPS) is 16.3. The van der Waals surface area contributed by atoms with E-state index in [1.54, 1.807) is 4.90 Å². The predicted molar refractivity (Wildman–Crippen MR) is 68.8 cm³/mol. The lowest BCUT2D eigenvalue weighted by molar-refractivity contribution is 0.00582. The highest BCUT2D eigenvalue weighted by Gasteiger charge is 2.30. The van der Waals surface area contributed by atoms with Crippen LogP contribution in [0.5, 0.6) is 0 Å². The fourth-order valence-corrected chi connectivity index (χ4v) is 2.38. The lowest BCUT2D eigenvalue weighted by atomic mass is 10.1. The van der Waals surface area contributed by atoms with Gasteiger partial charge in [-0.05, 0) is 40.8 Å². The van der Waals surface area contributed by atoms with E-state index in [0.29, 0.717) is 18.7 Å². The van der Waals surface area contributed by atoms with Crippen LogP contribution in [0.1, 0.15) is 10.4 Å². The van der Waals surface area contributed by atoms with Crippen molar-refractivity contribution in [3.05, 3.63) is 31.8 Å². The van der Waals surface area contributed by atoms with Gasteiger partial charge in [-0.3, -0.25) is 4.79 Å². The summed E-state index contributed by atoms with van der Waals surface area (Å²) in [5.74, 6) is -0.00833. The molecule has 15 heavy (non-hydrogen) atoms. The van der Waals surface area contributed by atoms with E-state index in [2.05, 4.69) is 38.5 Å². The lowest BCUT2D eigenvalue weighted by Crippen LogP contribution is -2.53. The molecule has 1 aliphatic rings. The second kappa shape index (κ2) is 4.39. The van der Waals surface area contributed by atoms with Gasteiger partial charge in [0, 0.05) is 21.1 Å². The van der Waals surface area contributed by atoms with Gasteiger partial charge in [-0.1, -0.05) is 15.9 Å². The molecule has 0 bridgehead atoms. The Morgan fingerprint density at radius 1 is 1.53 bits per heavy atom. The van der Waals surface area contributed by atoms with Gasteiger partial charge in [0.25, 0.3) is 5.91 Å². The number of carbonyl (C=O) groups excluding carboxylic acids is 1. The summed E-state index contributed by atoms with van der Waals surface area (Å²) in [7, 11) is 0. The molecular weight excluding hydrogens is 373 g/mol. The Bertz CT molecular complexity index is 404. The van der Waals surface area contributed by atoms with E-state index < -0.39 is 0 Å². The van der Waals surface area contributed by atoms with Crippen LogP contribution in [-0.4, -0.2) is 35.1 Å². The van der Waals surface area contributed by atoms with E-state index in [4.69, 9.17) is 5.11 Å². The standard InChI is InChI=1S/C10H9BrINO2/c11-6-1-2-9(12)8(3-6)10(15)13-4-7(14)5-13/h1-3,7,14H,4-5H2. The second-order valence-electron chi connectivity index (χ2n) is 3.49. The molecule has 1 aliphatic heterocycles. The number of benzene rings is 1. The molecule has 2 rings (SSSR count). The Balaban J connectivity index is 2.22. The van der Waals surface area contributed by atoms with Gasteiger partial charge < -0.3 is 10.0 Å². The Kier molecular flexibility index (Phi) is 3.32. The minimum absolute atomic E-state index is 0.00833. The number of aliphatic hydroxyl groups excluding tert-OH is 1. The molecule has 0 spiro atoms. The van der Waals surface area contributed by atoms with Crippen LogP contribution in [0, 0.1) is 3.57 Å². The molecule has 0 saturated carbocycles. The average Bonchev–Trinajstić information content (AvgIpc) is 2.16. The zero-order chi connectivity index (χ0) is 11.0. The molecule has 1 amide bonds. The summed E-state index contributed by atoms with van der Waals surface area (Å²) in [6, 6.07) is 5.62. The highest BCUT2D eigenvalue weighted by Crippen LogP contribution is 2.22. The zero-order valence-electron chi connectivity index (χ0n) is 7.78. The first-order valence-electron chi connectivity index (χ1n) is 4.50. The van der Waals surface area contributed by atoms with Crippen LogP contribution in [0.4, 0.5) is 0 Å². The largest absolute Gasteiger partial charge is 0.389 e. The maximum Gasteiger partial charge on any atom is 0.255 e. The van der Waals surface area contributed by atoms with E-state index >= 15 is 0 Å². The molecule has 0 aliphatic carbocycles. The van der Waals surface area contributed by atoms with Crippen molar-refractivity contribution in [3.63, 3.8) is 0 Å². The summed E-state index contributed by atoms with van der Waals surface area (Å²) in [6.07, 6.45) is -0.348. The number of amides is 1. The molecule has 1 heterocycles. The summed E-state index contributed by atoms with van der Waals surface area (Å²) in [5, 5.41) is 9.13. The van der Waals surface area contributed by atoms with Gasteiger partial charge in [0.15, 0.2) is 0 Å². The highest BCUT2D eigenvalue weighted by molar-refractivity contribution is 14.1. The molecular formula is C10H9BrINO2. The van der Waals surface area contributed by atoms with Gasteiger partial charge >= 0.3 is 0 Å². The molecule has 80 valence electrons. The van der Waals surface area contributed by atoms with Crippen LogP contribution in [0.2, 0.25) is 0 Å². The van der Waals surface area contributed by atoms with Crippen molar-refractivity contribution < 1.29 is 9.90 Å². The van der Waals surface area contributed by atoms with Crippen molar-refractivity contribution in [1.82, 2.24) is 4.90 Å². The van der Waals surface area contributed by atoms with Crippen molar-refractivity contribution in [2.45, 2.75) is 6.10 Å². The SMILES string of the molecule is O=C(c1cc(Br)ccc1I)N1CC(O)C1. The molecule has 1 aromatic rings. The van der Waals surface area contributed by atoms with Crippen LogP contribution < -0.4 is 0 Å². The highest BCUT2D eigenvalue weighted by atomic mass is 127. The number of hydrogen-bond acceptors (Lipinski definition) is 2. The number of likely N-dealkylation sites (tertiary alicyclic amines) is 1. The molecule has 0 radical (unpaired) electrons. The fourth-order valence-electron chi connectivity index (χ4n) is 1.45. The lowest BCUT2D eigenvalue weighted by Gasteiger charge is -2.36. The summed E-state index contributed by atoms with van der Waals surface area (Å²) < 4.78 is 1.83. The number of β-amino-alcohol motifs (C(OH)–C–C–N with tert-alkyl or cyclic N) is 1. The van der Waals surface area contributed by atoms with Crippen molar-refractivity contribution >= 4 is 44.4 Å². The molecule has 1 saturated heterocycles. The molecule has 1 aromatic carbocycles. The summed E-state index contributed by atoms with van der Waals surface area (Å²) in [6.45, 7) is 0.892. The Hall–Kier alpha value is -0.140. The molecule has 3 nitrogen and oxygen atoms in total. The maximum atomic E-state index is 11.9. The Morgan fingerprint density at radius 3 is 2.80 bits per heavy atom. The van der Waals surface area contributed by atoms with Crippen molar-refractivity contribution in [2.24, 2.45) is 0 Å². The molecule has 1 fully saturated rings. The molecule has 1 N–H and O–H groups in total. The number of rotatable bonds is 1. The third kappa shape index (κ3) is 2.34. The van der Waals surface area contributed by atoms with Crippen LogP contribution in [0.25, 0.3) is 0 Å². The molecule has 5 heteroatoms. The first kappa shape index (κ1) is 11.3. The van der Waals surface area contributed by atoms with Crippen molar-refractivity contribution in [1.29, 1.82) is 0 Å². The third-order valence-corrected chi connectivity index (χ3v) is 3.74. The number of nitrogens with zero attached hydrogens (tertiary/aromatic N) is 1. The maximum absolute atomic E-state index is 11.9. The summed E-state index contributed by atoms with van der Waals surface area (Å²) in [4.78, 5) is 13.6. The van der Waals surface area contributed by atoms with Crippen LogP contribution >= 0.6 is 38.5 Å². The quantitative estimate of drug-likeness (QED) is 0.754. The van der Waals surface area contributed by atoms with E-state index in [0.717, 1.165) is 8.04 Å². The molecule has 0 aromatic heterocycles. The fraction of sp³-hybridized carbons (Fsp3) is 0.300. The van der Waals surface area contributed by atoms with Gasteiger partial charge in [0.2, 0.25) is 0 Å². The number of halogens is 2. The van der Waals surface area contributed by atoms with Crippen LogP contribution in [0.3, 0.4) is 0 Å². The molecule has 0 atom stereocenters. The number of aliphatic hydroxyl groups is 1. The number of carbonyl (C=O) groups is 1. The van der Waals surface area contributed by atoms with Crippen molar-refractivity contribution in [3.8, 4) is 0 Å². The van der Waals surface area contributed by atoms with Crippen molar-refractivity contribution in [2.75, 3.05) is 13.1 Å². The van der Waals surface area contributed by atoms with Gasteiger partial charge in [-0.2, -0.15) is 0 Å². The van der Waals surface area contributed by atoms with Gasteiger partial charge in [0.05, 0.1) is 11.7 Å². The van der Waals surface area contributed by atoms with E-state index in [1.165, 1.54) is 0 Å². The monoisotopic (exact) mass is 381 g/mol. The number of hydrogen-bond donors (Lipinski definition) is 1. The van der Waals surface area contributed by atoms with Crippen LogP contribution in [-0.2, 0) is 0 Å². The summed E-state index contributed by atoms with van der Waals surface area (Å²) in [5.41, 5.74) is 0.692. The zero-order valence-corrected chi connectivity index (χ0v) is 11.5. The smallest absolute Gasteiger partial charge is 0.255 e. The van der Waals surface area contributed by atoms with Crippen LogP contribution in [0.15, 0.2) is 22.7 Å². The van der Waals surface area contributed by atoms with Gasteiger partial charge in [-0.25, -0.2) is 0 Å². The second-order valence-corrected chi connectivity index (χ2v) is 5.57. The van der Waals surface area contributed by atoms with Gasteiger partial charge in [-0.15, -0.1) is 0 Å². The minimum Gasteiger partial charge on any atom is -0.389 e. The Labute approximate surface area is 110 Å². The third-order valence-electron chi connectivity index (χ3n) is 2.31. The Morgan fingerprint density at radius 2 is 2.20 bits per heavy atom. The minimum atomic E-state index is -0.348. The summed E-state index contributed by atoms with van der Waals surface area (Å²) >= 11 is 5.48. The first-order chi connectivity index (χ1) is 7.08. The average molecular weight is 382 g/mol. The van der Waals surface area contributed by atoms with Gasteiger partial charge in [0.1, 0.15) is 0 Å². The molecule has 0 unspecified atom stereocenters. The predicted octanol–water partition coefficient (Wildman–Crippen LogP) is 1.87. The first-order valence-corrected chi connectivity index (χ1v) is 6.37. The van der Waals surface area contributed by atoms with E-state index in [9.17, 15) is 4.79 Å². The van der Waals surface area contributed by atoms with E-state index in [-0.39, 0.29) is 12.0 Å².